The number of cyclic esters (lactones) is 1. The molecule has 0 radical (unpaired) electrons. The van der Waals surface area contributed by atoms with Crippen molar-refractivity contribution >= 4 is 84.6 Å². The second-order valence-corrected chi connectivity index (χ2v) is 9.61. The van der Waals surface area contributed by atoms with Crippen LogP contribution < -0.4 is 4.74 Å². The fraction of sp³-hybridized carbons (Fsp3) is 0.0435. The Bertz CT molecular complexity index is 1270. The fourth-order valence-electron chi connectivity index (χ4n) is 2.91. The van der Waals surface area contributed by atoms with E-state index in [0.29, 0.717) is 47.5 Å². The number of halogens is 5. The maximum Gasteiger partial charge on any atom is 0.363 e. The van der Waals surface area contributed by atoms with Crippen LogP contribution in [-0.4, -0.2) is 11.9 Å². The highest BCUT2D eigenvalue weighted by Gasteiger charge is 2.26. The van der Waals surface area contributed by atoms with Gasteiger partial charge in [-0.1, -0.05) is 53.0 Å². The van der Waals surface area contributed by atoms with Gasteiger partial charge in [-0.25, -0.2) is 9.79 Å². The second kappa shape index (κ2) is 9.98. The Labute approximate surface area is 216 Å². The molecule has 0 aromatic heterocycles. The predicted octanol–water partition coefficient (Wildman–Crippen LogP) is 8.10. The topological polar surface area (TPSA) is 47.9 Å². The summed E-state index contributed by atoms with van der Waals surface area (Å²) in [5, 5.41) is 1.46. The third-order valence-electron chi connectivity index (χ3n) is 4.44. The van der Waals surface area contributed by atoms with Crippen LogP contribution in [-0.2, 0) is 16.1 Å². The molecule has 0 saturated carbocycles. The first-order chi connectivity index (χ1) is 15.3. The molecule has 4 nitrogen and oxygen atoms in total. The minimum Gasteiger partial charge on any atom is -0.486 e. The molecule has 3 aromatic rings. The van der Waals surface area contributed by atoms with Crippen LogP contribution in [0.1, 0.15) is 16.7 Å². The molecular formula is C23H12Br2Cl3NO3. The number of hydrogen-bond acceptors (Lipinski definition) is 4. The molecule has 162 valence electrons. The Morgan fingerprint density at radius 1 is 0.969 bits per heavy atom. The van der Waals surface area contributed by atoms with Crippen molar-refractivity contribution in [2.24, 2.45) is 4.99 Å². The second-order valence-electron chi connectivity index (χ2n) is 6.65. The van der Waals surface area contributed by atoms with Crippen LogP contribution in [0.4, 0.5) is 0 Å². The van der Waals surface area contributed by atoms with Crippen molar-refractivity contribution in [1.82, 2.24) is 0 Å². The van der Waals surface area contributed by atoms with Crippen LogP contribution in [0, 0.1) is 0 Å². The molecule has 0 aliphatic carbocycles. The first-order valence-corrected chi connectivity index (χ1v) is 11.9. The molecule has 0 bridgehead atoms. The minimum absolute atomic E-state index is 0.126. The van der Waals surface area contributed by atoms with E-state index in [1.165, 1.54) is 0 Å². The number of aliphatic imine (C=N–C) groups is 1. The van der Waals surface area contributed by atoms with Crippen LogP contribution in [0.25, 0.3) is 6.08 Å². The van der Waals surface area contributed by atoms with Gasteiger partial charge in [0.25, 0.3) is 0 Å². The Morgan fingerprint density at radius 3 is 2.38 bits per heavy atom. The number of benzene rings is 3. The summed E-state index contributed by atoms with van der Waals surface area (Å²) >= 11 is 25.4. The molecule has 1 heterocycles. The van der Waals surface area contributed by atoms with Gasteiger partial charge in [0.2, 0.25) is 5.90 Å². The molecule has 0 atom stereocenters. The number of nitrogens with zero attached hydrogens (tertiary/aromatic N) is 1. The molecule has 0 saturated heterocycles. The molecule has 32 heavy (non-hydrogen) atoms. The van der Waals surface area contributed by atoms with Gasteiger partial charge in [-0.05, 0) is 79.9 Å². The van der Waals surface area contributed by atoms with Crippen molar-refractivity contribution in [2.75, 3.05) is 0 Å². The number of ether oxygens (including phenoxy) is 2. The SMILES string of the molecule is O=C1OC(c2ccc(Cl)cc2Cl)=N/C1=C\c1cc(Br)c(OCc2ccccc2Cl)c(Br)c1. The van der Waals surface area contributed by atoms with Crippen molar-refractivity contribution in [3.8, 4) is 5.75 Å². The third kappa shape index (κ3) is 5.21. The van der Waals surface area contributed by atoms with E-state index in [0.717, 1.165) is 5.56 Å². The van der Waals surface area contributed by atoms with Gasteiger partial charge in [0, 0.05) is 15.6 Å². The van der Waals surface area contributed by atoms with E-state index in [1.807, 2.05) is 36.4 Å². The quantitative estimate of drug-likeness (QED) is 0.215. The summed E-state index contributed by atoms with van der Waals surface area (Å²) in [6.45, 7) is 0.305. The summed E-state index contributed by atoms with van der Waals surface area (Å²) in [5.74, 6) is 0.163. The summed E-state index contributed by atoms with van der Waals surface area (Å²) in [4.78, 5) is 16.6. The van der Waals surface area contributed by atoms with E-state index >= 15 is 0 Å². The molecule has 4 rings (SSSR count). The smallest absolute Gasteiger partial charge is 0.363 e. The van der Waals surface area contributed by atoms with Gasteiger partial charge in [-0.3, -0.25) is 0 Å². The Morgan fingerprint density at radius 2 is 1.69 bits per heavy atom. The Kier molecular flexibility index (Phi) is 7.27. The van der Waals surface area contributed by atoms with Crippen LogP contribution >= 0.6 is 66.7 Å². The summed E-state index contributed by atoms with van der Waals surface area (Å²) in [5.41, 5.74) is 2.22. The van der Waals surface area contributed by atoms with Crippen LogP contribution in [0.15, 0.2) is 74.2 Å². The molecule has 1 aliphatic rings. The van der Waals surface area contributed by atoms with E-state index in [2.05, 4.69) is 36.9 Å². The summed E-state index contributed by atoms with van der Waals surface area (Å²) in [7, 11) is 0. The summed E-state index contributed by atoms with van der Waals surface area (Å²) in [6.07, 6.45) is 1.62. The maximum absolute atomic E-state index is 12.3. The zero-order valence-corrected chi connectivity index (χ0v) is 21.5. The molecule has 0 N–H and O–H groups in total. The van der Waals surface area contributed by atoms with E-state index < -0.39 is 5.97 Å². The first kappa shape index (κ1) is 23.3. The van der Waals surface area contributed by atoms with E-state index in [-0.39, 0.29) is 11.6 Å². The molecule has 0 spiro atoms. The zero-order valence-electron chi connectivity index (χ0n) is 16.0. The van der Waals surface area contributed by atoms with Crippen LogP contribution in [0.2, 0.25) is 15.1 Å². The largest absolute Gasteiger partial charge is 0.486 e. The van der Waals surface area contributed by atoms with Gasteiger partial charge >= 0.3 is 5.97 Å². The molecular weight excluding hydrogens is 604 g/mol. The van der Waals surface area contributed by atoms with Crippen molar-refractivity contribution in [1.29, 1.82) is 0 Å². The third-order valence-corrected chi connectivity index (χ3v) is 6.53. The number of hydrogen-bond donors (Lipinski definition) is 0. The van der Waals surface area contributed by atoms with E-state index in [1.54, 1.807) is 24.3 Å². The number of carbonyl (C=O) groups is 1. The first-order valence-electron chi connectivity index (χ1n) is 9.15. The summed E-state index contributed by atoms with van der Waals surface area (Å²) in [6, 6.07) is 16.0. The highest BCUT2D eigenvalue weighted by atomic mass is 79.9. The van der Waals surface area contributed by atoms with E-state index in [9.17, 15) is 4.79 Å². The predicted molar refractivity (Wildman–Crippen MR) is 135 cm³/mol. The monoisotopic (exact) mass is 613 g/mol. The number of rotatable bonds is 5. The maximum atomic E-state index is 12.3. The van der Waals surface area contributed by atoms with Crippen molar-refractivity contribution in [3.63, 3.8) is 0 Å². The van der Waals surface area contributed by atoms with Crippen LogP contribution in [0.3, 0.4) is 0 Å². The molecule has 0 amide bonds. The normalized spacial score (nSPS) is 14.5. The lowest BCUT2D eigenvalue weighted by molar-refractivity contribution is -0.129. The van der Waals surface area contributed by atoms with Crippen molar-refractivity contribution in [3.05, 3.63) is 101 Å². The molecule has 9 heteroatoms. The number of esters is 1. The van der Waals surface area contributed by atoms with Gasteiger partial charge in [-0.15, -0.1) is 0 Å². The Balaban J connectivity index is 1.58. The lowest BCUT2D eigenvalue weighted by Gasteiger charge is -2.12. The Hall–Kier alpha value is -1.83. The lowest BCUT2D eigenvalue weighted by atomic mass is 10.2. The highest BCUT2D eigenvalue weighted by Crippen LogP contribution is 2.37. The standard InChI is InChI=1S/C23H12Br2Cl3NO3/c24-16-7-12(8-17(25)21(16)31-11-13-3-1-2-4-18(13)27)9-20-23(30)32-22(29-20)15-6-5-14(26)10-19(15)28/h1-10H,11H2/b20-9-. The minimum atomic E-state index is -0.572. The average Bonchev–Trinajstić information content (AvgIpc) is 3.08. The van der Waals surface area contributed by atoms with Crippen molar-refractivity contribution < 1.29 is 14.3 Å². The van der Waals surface area contributed by atoms with Gasteiger partial charge in [0.1, 0.15) is 12.4 Å². The van der Waals surface area contributed by atoms with Crippen molar-refractivity contribution in [2.45, 2.75) is 6.61 Å². The average molecular weight is 617 g/mol. The lowest BCUT2D eigenvalue weighted by Crippen LogP contribution is -2.05. The molecule has 1 aliphatic heterocycles. The van der Waals surface area contributed by atoms with Gasteiger partial charge in [0.15, 0.2) is 5.70 Å². The van der Waals surface area contributed by atoms with Gasteiger partial charge < -0.3 is 9.47 Å². The summed E-state index contributed by atoms with van der Waals surface area (Å²) < 4.78 is 12.6. The van der Waals surface area contributed by atoms with Crippen LogP contribution in [0.5, 0.6) is 5.75 Å². The fourth-order valence-corrected chi connectivity index (χ4v) is 5.04. The number of carbonyl (C=O) groups excluding carboxylic acids is 1. The molecule has 0 unspecified atom stereocenters. The van der Waals surface area contributed by atoms with Gasteiger partial charge in [-0.2, -0.15) is 0 Å². The molecule has 0 fully saturated rings. The van der Waals surface area contributed by atoms with Gasteiger partial charge in [0.05, 0.1) is 19.5 Å². The molecule has 3 aromatic carbocycles. The van der Waals surface area contributed by atoms with E-state index in [4.69, 9.17) is 44.3 Å². The highest BCUT2D eigenvalue weighted by molar-refractivity contribution is 9.11. The zero-order chi connectivity index (χ0) is 22.8.